The zero-order valence-electron chi connectivity index (χ0n) is 22.0. The molecule has 1 heterocycles. The van der Waals surface area contributed by atoms with Crippen LogP contribution in [0.2, 0.25) is 0 Å². The van der Waals surface area contributed by atoms with Gasteiger partial charge in [-0.1, -0.05) is 91.4 Å². The summed E-state index contributed by atoms with van der Waals surface area (Å²) >= 11 is 0. The van der Waals surface area contributed by atoms with Gasteiger partial charge < -0.3 is 26.6 Å². The zero-order chi connectivity index (χ0) is 22.0. The SMILES string of the molecule is Cc1cc(C)c([N-]C(c2cccc(C3[CH-]CCC3)n2)c2ccccc2C(C)C)c(C)c1.[CH3-].[CH3-].[Hf+4]. The summed E-state index contributed by atoms with van der Waals surface area (Å²) < 4.78 is 0. The van der Waals surface area contributed by atoms with E-state index < -0.39 is 0 Å². The fraction of sp³-hybridized carbons (Fsp3) is 0.355. The Balaban J connectivity index is 0.00000193. The number of hydrogen-bond acceptors (Lipinski definition) is 1. The molecule has 1 aromatic heterocycles. The molecule has 1 saturated carbocycles. The maximum Gasteiger partial charge on any atom is 4.00 e. The number of pyridine rings is 1. The summed E-state index contributed by atoms with van der Waals surface area (Å²) in [5.74, 6) is 0.907. The fourth-order valence-corrected chi connectivity index (χ4v) is 4.96. The predicted molar refractivity (Wildman–Crippen MR) is 144 cm³/mol. The molecule has 0 aliphatic heterocycles. The van der Waals surface area contributed by atoms with E-state index in [0.717, 1.165) is 11.4 Å². The summed E-state index contributed by atoms with van der Waals surface area (Å²) in [4.78, 5) is 5.18. The van der Waals surface area contributed by atoms with Crippen LogP contribution in [0.3, 0.4) is 0 Å². The molecule has 178 valence electrons. The molecule has 3 heteroatoms. The Labute approximate surface area is 227 Å². The van der Waals surface area contributed by atoms with Crippen LogP contribution in [-0.4, -0.2) is 4.98 Å². The molecule has 1 aliphatic carbocycles. The van der Waals surface area contributed by atoms with Crippen molar-refractivity contribution in [2.75, 3.05) is 0 Å². The van der Waals surface area contributed by atoms with Crippen LogP contribution in [0.15, 0.2) is 54.6 Å². The van der Waals surface area contributed by atoms with E-state index in [1.165, 1.54) is 52.8 Å². The van der Waals surface area contributed by atoms with Crippen LogP contribution < -0.4 is 0 Å². The van der Waals surface area contributed by atoms with E-state index in [2.05, 4.69) is 95.6 Å². The monoisotopic (exact) mass is 620 g/mol. The van der Waals surface area contributed by atoms with Gasteiger partial charge in [0, 0.05) is 11.4 Å². The molecule has 4 rings (SSSR count). The van der Waals surface area contributed by atoms with Crippen molar-refractivity contribution >= 4 is 5.69 Å². The number of benzene rings is 2. The summed E-state index contributed by atoms with van der Waals surface area (Å²) in [6.07, 6.45) is 6.09. The van der Waals surface area contributed by atoms with Crippen molar-refractivity contribution in [1.82, 2.24) is 4.98 Å². The molecular weight excluding hydrogens is 579 g/mol. The molecule has 2 atom stereocenters. The molecule has 2 aromatic carbocycles. The summed E-state index contributed by atoms with van der Waals surface area (Å²) in [6, 6.07) is 19.6. The van der Waals surface area contributed by atoms with Crippen LogP contribution in [0.5, 0.6) is 0 Å². The Morgan fingerprint density at radius 3 is 2.15 bits per heavy atom. The van der Waals surface area contributed by atoms with Gasteiger partial charge in [-0.05, 0) is 50.4 Å². The molecule has 0 saturated heterocycles. The van der Waals surface area contributed by atoms with E-state index in [9.17, 15) is 0 Å². The van der Waals surface area contributed by atoms with E-state index >= 15 is 0 Å². The first-order chi connectivity index (χ1) is 14.9. The number of aromatic nitrogens is 1. The van der Waals surface area contributed by atoms with Gasteiger partial charge in [0.05, 0.1) is 0 Å². The van der Waals surface area contributed by atoms with E-state index in [1.54, 1.807) is 0 Å². The summed E-state index contributed by atoms with van der Waals surface area (Å²) in [6.45, 7) is 11.0. The number of nitrogens with zero attached hydrogens (tertiary/aromatic N) is 2. The van der Waals surface area contributed by atoms with Crippen LogP contribution in [0, 0.1) is 42.0 Å². The maximum absolute atomic E-state index is 5.38. The fourth-order valence-electron chi connectivity index (χ4n) is 4.96. The molecule has 1 aliphatic rings. The van der Waals surface area contributed by atoms with E-state index in [4.69, 9.17) is 10.3 Å². The number of rotatable bonds is 6. The third-order valence-electron chi connectivity index (χ3n) is 6.43. The maximum atomic E-state index is 5.38. The van der Waals surface area contributed by atoms with E-state index in [0.29, 0.717) is 11.8 Å². The standard InChI is InChI=1S/C29H34N2.2CH3.Hf/c1-19(2)24-13-8-9-14-25(24)29(31-28-21(4)17-20(3)18-22(28)5)27-16-10-15-26(30-27)23-11-6-7-12-23;;;/h8-11,13-19,23,29H,6-7,12H2,1-5H3;2*1H3;/q-2;2*-1;+4. The van der Waals surface area contributed by atoms with Crippen molar-refractivity contribution in [3.05, 3.63) is 120 Å². The Bertz CT molecular complexity index is 1030. The van der Waals surface area contributed by atoms with Crippen molar-refractivity contribution in [2.45, 2.75) is 71.8 Å². The summed E-state index contributed by atoms with van der Waals surface area (Å²) in [5.41, 5.74) is 9.67. The Kier molecular flexibility index (Phi) is 11.9. The second-order valence-corrected chi connectivity index (χ2v) is 9.32. The van der Waals surface area contributed by atoms with Gasteiger partial charge in [0.1, 0.15) is 0 Å². The zero-order valence-corrected chi connectivity index (χ0v) is 25.6. The first-order valence-electron chi connectivity index (χ1n) is 11.6. The topological polar surface area (TPSA) is 27.0 Å². The first-order valence-corrected chi connectivity index (χ1v) is 11.6. The second kappa shape index (κ2) is 13.4. The minimum atomic E-state index is -0.111. The normalized spacial score (nSPS) is 15.6. The van der Waals surface area contributed by atoms with Gasteiger partial charge in [0.15, 0.2) is 0 Å². The first kappa shape index (κ1) is 30.3. The molecule has 2 nitrogen and oxygen atoms in total. The van der Waals surface area contributed by atoms with Crippen molar-refractivity contribution < 1.29 is 25.8 Å². The van der Waals surface area contributed by atoms with Crippen LogP contribution in [0.25, 0.3) is 5.32 Å². The minimum Gasteiger partial charge on any atom is -0.673 e. The van der Waals surface area contributed by atoms with E-state index in [1.807, 2.05) is 0 Å². The summed E-state index contributed by atoms with van der Waals surface area (Å²) in [7, 11) is 0. The molecule has 2 unspecified atom stereocenters. The largest absolute Gasteiger partial charge is 4.00 e. The molecule has 3 aromatic rings. The molecule has 0 amide bonds. The third-order valence-corrected chi connectivity index (χ3v) is 6.43. The average Bonchev–Trinajstić information content (AvgIpc) is 3.28. The van der Waals surface area contributed by atoms with Gasteiger partial charge in [0.25, 0.3) is 0 Å². The third kappa shape index (κ3) is 6.68. The van der Waals surface area contributed by atoms with Gasteiger partial charge in [0.2, 0.25) is 0 Å². The number of aryl methyl sites for hydroxylation is 3. The molecule has 34 heavy (non-hydrogen) atoms. The van der Waals surface area contributed by atoms with Crippen LogP contribution >= 0.6 is 0 Å². The molecule has 0 bridgehead atoms. The second-order valence-electron chi connectivity index (χ2n) is 9.32. The molecule has 0 spiro atoms. The molecule has 0 radical (unpaired) electrons. The average molecular weight is 619 g/mol. The smallest absolute Gasteiger partial charge is 0.673 e. The van der Waals surface area contributed by atoms with Crippen molar-refractivity contribution in [3.63, 3.8) is 0 Å². The van der Waals surface area contributed by atoms with Gasteiger partial charge in [-0.15, -0.1) is 11.6 Å². The Hall–Kier alpha value is -1.74. The van der Waals surface area contributed by atoms with Gasteiger partial charge in [-0.2, -0.15) is 6.42 Å². The molecule has 1 fully saturated rings. The molecule has 0 N–H and O–H groups in total. The van der Waals surface area contributed by atoms with Gasteiger partial charge >= 0.3 is 25.8 Å². The van der Waals surface area contributed by atoms with Crippen molar-refractivity contribution in [3.8, 4) is 0 Å². The van der Waals surface area contributed by atoms with Crippen molar-refractivity contribution in [2.24, 2.45) is 0 Å². The predicted octanol–water partition coefficient (Wildman–Crippen LogP) is 9.29. The summed E-state index contributed by atoms with van der Waals surface area (Å²) in [5, 5.41) is 5.38. The minimum absolute atomic E-state index is 0. The van der Waals surface area contributed by atoms with Gasteiger partial charge in [-0.3, -0.25) is 4.98 Å². The van der Waals surface area contributed by atoms with Crippen molar-refractivity contribution in [1.29, 1.82) is 0 Å². The van der Waals surface area contributed by atoms with Crippen LogP contribution in [0.1, 0.15) is 90.2 Å². The van der Waals surface area contributed by atoms with Crippen LogP contribution in [0.4, 0.5) is 5.69 Å². The van der Waals surface area contributed by atoms with E-state index in [-0.39, 0.29) is 46.7 Å². The Morgan fingerprint density at radius 1 is 0.912 bits per heavy atom. The Morgan fingerprint density at radius 2 is 1.56 bits per heavy atom. The van der Waals surface area contributed by atoms with Crippen LogP contribution in [-0.2, 0) is 25.8 Å². The number of hydrogen-bond donors (Lipinski definition) is 0. The van der Waals surface area contributed by atoms with Gasteiger partial charge in [-0.25, -0.2) is 0 Å². The molecular formula is C31H40HfN2. The quantitative estimate of drug-likeness (QED) is 0.200.